The van der Waals surface area contributed by atoms with Crippen LogP contribution >= 0.6 is 11.8 Å². The topological polar surface area (TPSA) is 130 Å². The fourth-order valence-electron chi connectivity index (χ4n) is 2.68. The number of H-pyrrole nitrogens is 1. The maximum Gasteiger partial charge on any atom is 0.249 e. The van der Waals surface area contributed by atoms with Crippen LogP contribution in [-0.2, 0) is 9.59 Å². The van der Waals surface area contributed by atoms with Crippen molar-refractivity contribution in [2.75, 3.05) is 6.54 Å². The van der Waals surface area contributed by atoms with Gasteiger partial charge in [-0.2, -0.15) is 5.21 Å². The molecule has 2 aliphatic rings. The molecule has 0 saturated carbocycles. The molecule has 0 radical (unpaired) electrons. The van der Waals surface area contributed by atoms with Crippen molar-refractivity contribution < 1.29 is 9.59 Å². The number of β-lactam (4-membered cyclic amide) rings is 1. The number of carbonyl (C=O) groups is 2. The van der Waals surface area contributed by atoms with E-state index in [-0.39, 0.29) is 34.5 Å². The highest BCUT2D eigenvalue weighted by molar-refractivity contribution is 8.01. The number of rotatable bonds is 3. The van der Waals surface area contributed by atoms with E-state index < -0.39 is 6.04 Å². The molecular formula is C10H15N7O2S. The number of nitrogens with one attached hydrogen (secondary N) is 2. The van der Waals surface area contributed by atoms with Gasteiger partial charge < -0.3 is 16.0 Å². The summed E-state index contributed by atoms with van der Waals surface area (Å²) in [5.41, 5.74) is 5.26. The first-order valence-corrected chi connectivity index (χ1v) is 7.06. The summed E-state index contributed by atoms with van der Waals surface area (Å²) in [5, 5.41) is 16.5. The quantitative estimate of drug-likeness (QED) is 0.571. The number of nitrogens with zero attached hydrogens (tertiary/aromatic N) is 4. The Morgan fingerprint density at radius 1 is 1.60 bits per heavy atom. The number of nitrogens with two attached hydrogens (primary N) is 1. The maximum absolute atomic E-state index is 12.3. The Hall–Kier alpha value is -1.68. The van der Waals surface area contributed by atoms with Gasteiger partial charge in [0.2, 0.25) is 11.8 Å². The lowest BCUT2D eigenvalue weighted by atomic mass is 9.95. The summed E-state index contributed by atoms with van der Waals surface area (Å²) in [6.07, 6.45) is 0. The van der Waals surface area contributed by atoms with Gasteiger partial charge in [-0.05, 0) is 13.8 Å². The Kier molecular flexibility index (Phi) is 2.94. The van der Waals surface area contributed by atoms with E-state index >= 15 is 0 Å². The molecule has 108 valence electrons. The molecule has 10 heteroatoms. The van der Waals surface area contributed by atoms with Crippen molar-refractivity contribution in [3.8, 4) is 0 Å². The van der Waals surface area contributed by atoms with Crippen molar-refractivity contribution in [1.82, 2.24) is 30.8 Å². The highest BCUT2D eigenvalue weighted by Crippen LogP contribution is 2.56. The minimum absolute atomic E-state index is 0.114. The van der Waals surface area contributed by atoms with Gasteiger partial charge in [0.25, 0.3) is 0 Å². The molecule has 0 aromatic carbocycles. The van der Waals surface area contributed by atoms with Crippen molar-refractivity contribution in [1.29, 1.82) is 0 Å². The van der Waals surface area contributed by atoms with Gasteiger partial charge in [-0.15, -0.1) is 22.0 Å². The monoisotopic (exact) mass is 297 g/mol. The zero-order chi connectivity index (χ0) is 14.5. The molecule has 9 nitrogen and oxygen atoms in total. The van der Waals surface area contributed by atoms with E-state index in [2.05, 4.69) is 25.9 Å². The third kappa shape index (κ3) is 1.79. The van der Waals surface area contributed by atoms with Crippen LogP contribution in [0.3, 0.4) is 0 Å². The smallest absolute Gasteiger partial charge is 0.249 e. The van der Waals surface area contributed by atoms with Crippen molar-refractivity contribution in [3.63, 3.8) is 0 Å². The first-order chi connectivity index (χ1) is 9.45. The van der Waals surface area contributed by atoms with Gasteiger partial charge in [-0.25, -0.2) is 0 Å². The predicted molar refractivity (Wildman–Crippen MR) is 70.2 cm³/mol. The highest BCUT2D eigenvalue weighted by atomic mass is 32.2. The second kappa shape index (κ2) is 4.42. The molecule has 0 aliphatic carbocycles. The number of tetrazole rings is 1. The minimum atomic E-state index is -0.521. The molecule has 20 heavy (non-hydrogen) atoms. The van der Waals surface area contributed by atoms with E-state index in [1.807, 2.05) is 13.8 Å². The summed E-state index contributed by atoms with van der Waals surface area (Å²) in [4.78, 5) is 25.3. The molecule has 3 heterocycles. The summed E-state index contributed by atoms with van der Waals surface area (Å²) < 4.78 is -0.258. The number of carbonyl (C=O) groups excluding carboxylic acids is 2. The number of hydrogen-bond donors (Lipinski definition) is 3. The van der Waals surface area contributed by atoms with Crippen LogP contribution in [0, 0.1) is 0 Å². The Bertz CT molecular complexity index is 546. The lowest BCUT2D eigenvalue weighted by Gasteiger charge is -2.43. The summed E-state index contributed by atoms with van der Waals surface area (Å²) >= 11 is 1.62. The Balaban J connectivity index is 1.84. The third-order valence-electron chi connectivity index (χ3n) is 3.55. The van der Waals surface area contributed by atoms with Crippen LogP contribution in [0.2, 0.25) is 0 Å². The Morgan fingerprint density at radius 3 is 2.95 bits per heavy atom. The summed E-state index contributed by atoms with van der Waals surface area (Å²) in [7, 11) is 0. The molecule has 4 N–H and O–H groups in total. The van der Waals surface area contributed by atoms with Gasteiger partial charge in [0.1, 0.15) is 17.5 Å². The van der Waals surface area contributed by atoms with E-state index in [9.17, 15) is 9.59 Å². The molecule has 2 fully saturated rings. The predicted octanol–water partition coefficient (Wildman–Crippen LogP) is -1.62. The van der Waals surface area contributed by atoms with Gasteiger partial charge in [0.15, 0.2) is 5.82 Å². The largest absolute Gasteiger partial charge is 0.341 e. The molecule has 3 rings (SSSR count). The average Bonchev–Trinajstić information content (AvgIpc) is 2.99. The molecule has 2 amide bonds. The molecule has 2 aliphatic heterocycles. The number of aromatic amines is 1. The van der Waals surface area contributed by atoms with Gasteiger partial charge in [0, 0.05) is 4.75 Å². The molecule has 0 bridgehead atoms. The van der Waals surface area contributed by atoms with Gasteiger partial charge in [0.05, 0.1) is 6.54 Å². The number of aromatic nitrogens is 4. The second-order valence-electron chi connectivity index (χ2n) is 5.28. The van der Waals surface area contributed by atoms with Crippen molar-refractivity contribution in [2.45, 2.75) is 36.1 Å². The molecule has 3 atom stereocenters. The summed E-state index contributed by atoms with van der Waals surface area (Å²) in [6.45, 7) is 3.91. The third-order valence-corrected chi connectivity index (χ3v) is 5.12. The number of amides is 2. The van der Waals surface area contributed by atoms with Gasteiger partial charge >= 0.3 is 0 Å². The van der Waals surface area contributed by atoms with Crippen LogP contribution in [0.5, 0.6) is 0 Å². The lowest BCUT2D eigenvalue weighted by Crippen LogP contribution is -2.68. The van der Waals surface area contributed by atoms with E-state index in [4.69, 9.17) is 5.73 Å². The fraction of sp³-hybridized carbons (Fsp3) is 0.700. The van der Waals surface area contributed by atoms with Crippen LogP contribution in [0.1, 0.15) is 25.7 Å². The van der Waals surface area contributed by atoms with Crippen LogP contribution in [0.4, 0.5) is 0 Å². The van der Waals surface area contributed by atoms with Gasteiger partial charge in [-0.1, -0.05) is 5.21 Å². The van der Waals surface area contributed by atoms with Crippen LogP contribution in [0.15, 0.2) is 0 Å². The average molecular weight is 297 g/mol. The molecular weight excluding hydrogens is 282 g/mol. The zero-order valence-electron chi connectivity index (χ0n) is 11.0. The molecule has 0 spiro atoms. The van der Waals surface area contributed by atoms with Crippen LogP contribution in [0.25, 0.3) is 0 Å². The first-order valence-electron chi connectivity index (χ1n) is 6.18. The van der Waals surface area contributed by atoms with E-state index in [1.165, 1.54) is 0 Å². The Labute approximate surface area is 119 Å². The fourth-order valence-corrected chi connectivity index (χ4v) is 4.31. The normalized spacial score (nSPS) is 30.9. The Morgan fingerprint density at radius 2 is 2.35 bits per heavy atom. The van der Waals surface area contributed by atoms with Crippen LogP contribution in [-0.4, -0.2) is 60.0 Å². The first kappa shape index (κ1) is 13.3. The lowest BCUT2D eigenvalue weighted by molar-refractivity contribution is -0.151. The van der Waals surface area contributed by atoms with Gasteiger partial charge in [-0.3, -0.25) is 9.59 Å². The number of thioether (sulfide) groups is 1. The van der Waals surface area contributed by atoms with E-state index in [0.717, 1.165) is 0 Å². The standard InChI is InChI=1S/C10H15N7O2S/c1-10(2)6(7-13-15-16-14-7)17-8(19)5(9(17)20-10)12-4(18)3-11/h5-6,9H,3,11H2,1-2H3,(H,12,18)(H,13,14,15,16). The van der Waals surface area contributed by atoms with Crippen molar-refractivity contribution in [3.05, 3.63) is 5.82 Å². The van der Waals surface area contributed by atoms with Crippen LogP contribution < -0.4 is 11.1 Å². The summed E-state index contributed by atoms with van der Waals surface area (Å²) in [6, 6.07) is -0.776. The minimum Gasteiger partial charge on any atom is -0.341 e. The number of fused-ring (bicyclic) bond motifs is 1. The molecule has 1 aromatic heterocycles. The van der Waals surface area contributed by atoms with Crippen molar-refractivity contribution >= 4 is 23.6 Å². The van der Waals surface area contributed by atoms with E-state index in [0.29, 0.717) is 5.82 Å². The molecule has 3 unspecified atom stereocenters. The molecule has 2 saturated heterocycles. The zero-order valence-corrected chi connectivity index (χ0v) is 11.8. The second-order valence-corrected chi connectivity index (χ2v) is 7.05. The number of hydrogen-bond acceptors (Lipinski definition) is 7. The molecule has 1 aromatic rings. The highest BCUT2D eigenvalue weighted by Gasteiger charge is 2.63. The van der Waals surface area contributed by atoms with Crippen molar-refractivity contribution in [2.24, 2.45) is 5.73 Å². The maximum atomic E-state index is 12.3. The van der Waals surface area contributed by atoms with E-state index in [1.54, 1.807) is 16.7 Å². The SMILES string of the molecule is CC1(C)SC2C(NC(=O)CN)C(=O)N2C1c1nn[nH]n1. The summed E-state index contributed by atoms with van der Waals surface area (Å²) in [5.74, 6) is 0.0241.